The van der Waals surface area contributed by atoms with Crippen LogP contribution in [0.3, 0.4) is 0 Å². The van der Waals surface area contributed by atoms with Crippen LogP contribution in [0.5, 0.6) is 5.75 Å². The van der Waals surface area contributed by atoms with Crippen molar-refractivity contribution in [3.05, 3.63) is 29.3 Å². The molecule has 0 saturated heterocycles. The normalized spacial score (nSPS) is 14.3. The average molecular weight is 251 g/mol. The predicted molar refractivity (Wildman–Crippen MR) is 75.2 cm³/mol. The molecule has 1 rings (SSSR count). The number of benzene rings is 1. The monoisotopic (exact) mass is 251 g/mol. The molecule has 2 unspecified atom stereocenters. The number of hydrogen-bond donors (Lipinski definition) is 1. The Kier molecular flexibility index (Phi) is 6.16. The van der Waals surface area contributed by atoms with E-state index in [9.17, 15) is 0 Å². The molecule has 0 aliphatic rings. The van der Waals surface area contributed by atoms with Crippen LogP contribution >= 0.6 is 0 Å². The molecule has 0 heterocycles. The molecule has 1 aromatic carbocycles. The second kappa shape index (κ2) is 7.39. The molecule has 0 bridgehead atoms. The molecule has 0 aliphatic carbocycles. The third-order valence-corrected chi connectivity index (χ3v) is 3.12. The molecule has 18 heavy (non-hydrogen) atoms. The Labute approximate surface area is 110 Å². The van der Waals surface area contributed by atoms with Crippen molar-refractivity contribution in [3.8, 4) is 5.75 Å². The molecule has 102 valence electrons. The van der Waals surface area contributed by atoms with Crippen LogP contribution in [0, 0.1) is 6.92 Å². The van der Waals surface area contributed by atoms with Crippen LogP contribution in [0.15, 0.2) is 18.2 Å². The van der Waals surface area contributed by atoms with Crippen molar-refractivity contribution in [2.45, 2.75) is 39.3 Å². The molecule has 2 atom stereocenters. The number of ether oxygens (including phenoxy) is 2. The van der Waals surface area contributed by atoms with Gasteiger partial charge in [-0.2, -0.15) is 0 Å². The maximum absolute atomic E-state index is 6.01. The van der Waals surface area contributed by atoms with E-state index >= 15 is 0 Å². The van der Waals surface area contributed by atoms with Gasteiger partial charge in [0.05, 0.1) is 6.10 Å². The fourth-order valence-electron chi connectivity index (χ4n) is 1.83. The van der Waals surface area contributed by atoms with Gasteiger partial charge in [0, 0.05) is 31.7 Å². The zero-order valence-corrected chi connectivity index (χ0v) is 12.1. The van der Waals surface area contributed by atoms with Gasteiger partial charge >= 0.3 is 0 Å². The second-order valence-electron chi connectivity index (χ2n) is 4.76. The third-order valence-electron chi connectivity index (χ3n) is 3.12. The van der Waals surface area contributed by atoms with E-state index in [1.165, 1.54) is 11.1 Å². The molecular weight excluding hydrogens is 226 g/mol. The van der Waals surface area contributed by atoms with E-state index in [1.807, 2.05) is 7.05 Å². The summed E-state index contributed by atoms with van der Waals surface area (Å²) in [5, 5.41) is 3.26. The van der Waals surface area contributed by atoms with Gasteiger partial charge < -0.3 is 14.8 Å². The number of aryl methyl sites for hydroxylation is 1. The van der Waals surface area contributed by atoms with Gasteiger partial charge in [0.2, 0.25) is 0 Å². The van der Waals surface area contributed by atoms with Crippen LogP contribution in [0.25, 0.3) is 0 Å². The molecule has 3 heteroatoms. The van der Waals surface area contributed by atoms with Crippen LogP contribution in [0.1, 0.15) is 37.4 Å². The van der Waals surface area contributed by atoms with Crippen molar-refractivity contribution in [2.75, 3.05) is 20.8 Å². The maximum Gasteiger partial charge on any atom is 0.124 e. The standard InChI is InChI=1S/C15H25NO2/c1-11-6-7-15(14(10-11)13(3)16-4)18-12(2)8-9-17-5/h6-7,10,12-13,16H,8-9H2,1-5H3. The summed E-state index contributed by atoms with van der Waals surface area (Å²) in [6.45, 7) is 7.04. The van der Waals surface area contributed by atoms with Gasteiger partial charge in [-0.05, 0) is 33.9 Å². The minimum atomic E-state index is 0.162. The van der Waals surface area contributed by atoms with Crippen molar-refractivity contribution in [1.82, 2.24) is 5.32 Å². The predicted octanol–water partition coefficient (Wildman–Crippen LogP) is 3.08. The lowest BCUT2D eigenvalue weighted by Crippen LogP contribution is -2.18. The summed E-state index contributed by atoms with van der Waals surface area (Å²) in [4.78, 5) is 0. The zero-order chi connectivity index (χ0) is 13.5. The third kappa shape index (κ3) is 4.31. The molecule has 0 aromatic heterocycles. The molecule has 0 saturated carbocycles. The summed E-state index contributed by atoms with van der Waals surface area (Å²) in [5.41, 5.74) is 2.46. The summed E-state index contributed by atoms with van der Waals surface area (Å²) in [6.07, 6.45) is 1.06. The van der Waals surface area contributed by atoms with Crippen LogP contribution in [-0.4, -0.2) is 26.9 Å². The smallest absolute Gasteiger partial charge is 0.124 e. The van der Waals surface area contributed by atoms with Gasteiger partial charge in [0.25, 0.3) is 0 Å². The first kappa shape index (κ1) is 15.0. The molecule has 1 N–H and O–H groups in total. The van der Waals surface area contributed by atoms with Gasteiger partial charge in [0.15, 0.2) is 0 Å². The molecule has 0 radical (unpaired) electrons. The molecule has 3 nitrogen and oxygen atoms in total. The van der Waals surface area contributed by atoms with Gasteiger partial charge in [-0.25, -0.2) is 0 Å². The van der Waals surface area contributed by atoms with E-state index in [-0.39, 0.29) is 12.1 Å². The van der Waals surface area contributed by atoms with Crippen molar-refractivity contribution in [2.24, 2.45) is 0 Å². The molecule has 0 aliphatic heterocycles. The maximum atomic E-state index is 6.01. The second-order valence-corrected chi connectivity index (χ2v) is 4.76. The largest absolute Gasteiger partial charge is 0.490 e. The Hall–Kier alpha value is -1.06. The first-order valence-electron chi connectivity index (χ1n) is 6.52. The topological polar surface area (TPSA) is 30.5 Å². The highest BCUT2D eigenvalue weighted by Crippen LogP contribution is 2.27. The molecule has 0 spiro atoms. The Morgan fingerprint density at radius 2 is 2.00 bits per heavy atom. The number of methoxy groups -OCH3 is 1. The molecular formula is C15H25NO2. The van der Waals surface area contributed by atoms with Crippen LogP contribution in [0.2, 0.25) is 0 Å². The summed E-state index contributed by atoms with van der Waals surface area (Å²) in [6, 6.07) is 6.61. The fourth-order valence-corrected chi connectivity index (χ4v) is 1.83. The first-order chi connectivity index (χ1) is 8.58. The van der Waals surface area contributed by atoms with E-state index in [0.717, 1.165) is 18.8 Å². The Morgan fingerprint density at radius 1 is 1.28 bits per heavy atom. The van der Waals surface area contributed by atoms with Crippen LogP contribution in [0.4, 0.5) is 0 Å². The number of nitrogens with one attached hydrogen (secondary N) is 1. The SMILES string of the molecule is CNC(C)c1cc(C)ccc1OC(C)CCOC. The van der Waals surface area contributed by atoms with Crippen LogP contribution < -0.4 is 10.1 Å². The van der Waals surface area contributed by atoms with Gasteiger partial charge in [0.1, 0.15) is 5.75 Å². The zero-order valence-electron chi connectivity index (χ0n) is 12.1. The molecule has 1 aromatic rings. The lowest BCUT2D eigenvalue weighted by molar-refractivity contribution is 0.134. The van der Waals surface area contributed by atoms with Crippen molar-refractivity contribution < 1.29 is 9.47 Å². The lowest BCUT2D eigenvalue weighted by atomic mass is 10.0. The summed E-state index contributed by atoms with van der Waals surface area (Å²) < 4.78 is 11.1. The van der Waals surface area contributed by atoms with Crippen molar-refractivity contribution >= 4 is 0 Å². The Bertz CT molecular complexity index is 366. The fraction of sp³-hybridized carbons (Fsp3) is 0.600. The van der Waals surface area contributed by atoms with Crippen LogP contribution in [-0.2, 0) is 4.74 Å². The van der Waals surface area contributed by atoms with Gasteiger partial charge in [-0.1, -0.05) is 17.7 Å². The van der Waals surface area contributed by atoms with E-state index in [4.69, 9.17) is 9.47 Å². The lowest BCUT2D eigenvalue weighted by Gasteiger charge is -2.20. The van der Waals surface area contributed by atoms with E-state index in [2.05, 4.69) is 44.3 Å². The number of rotatable bonds is 7. The molecule has 0 fully saturated rings. The van der Waals surface area contributed by atoms with Gasteiger partial charge in [-0.15, -0.1) is 0 Å². The summed E-state index contributed by atoms with van der Waals surface area (Å²) >= 11 is 0. The minimum Gasteiger partial charge on any atom is -0.490 e. The quantitative estimate of drug-likeness (QED) is 0.808. The Morgan fingerprint density at radius 3 is 2.61 bits per heavy atom. The Balaban J connectivity index is 2.80. The molecule has 0 amide bonds. The average Bonchev–Trinajstić information content (AvgIpc) is 2.37. The van der Waals surface area contributed by atoms with E-state index in [1.54, 1.807) is 7.11 Å². The first-order valence-corrected chi connectivity index (χ1v) is 6.52. The highest BCUT2D eigenvalue weighted by molar-refractivity contribution is 5.39. The van der Waals surface area contributed by atoms with E-state index < -0.39 is 0 Å². The van der Waals surface area contributed by atoms with Gasteiger partial charge in [-0.3, -0.25) is 0 Å². The summed E-state index contributed by atoms with van der Waals surface area (Å²) in [7, 11) is 3.68. The summed E-state index contributed by atoms with van der Waals surface area (Å²) in [5.74, 6) is 0.964. The van der Waals surface area contributed by atoms with E-state index in [0.29, 0.717) is 0 Å². The number of hydrogen-bond acceptors (Lipinski definition) is 3. The highest BCUT2D eigenvalue weighted by Gasteiger charge is 2.12. The minimum absolute atomic E-state index is 0.162. The van der Waals surface area contributed by atoms with Crippen molar-refractivity contribution in [3.63, 3.8) is 0 Å². The van der Waals surface area contributed by atoms with Crippen molar-refractivity contribution in [1.29, 1.82) is 0 Å². The highest BCUT2D eigenvalue weighted by atomic mass is 16.5.